The molecular weight excluding hydrogens is 208 g/mol. The van der Waals surface area contributed by atoms with Crippen LogP contribution in [0.1, 0.15) is 51.4 Å². The van der Waals surface area contributed by atoms with E-state index in [0.717, 1.165) is 44.9 Å². The number of carbonyl (C=O) groups is 1. The van der Waals surface area contributed by atoms with Crippen molar-refractivity contribution in [2.24, 2.45) is 5.11 Å². The molecule has 0 fully saturated rings. The van der Waals surface area contributed by atoms with Gasteiger partial charge >= 0.3 is 0 Å². The number of nitrogens with one attached hydrogen (secondary N) is 1. The zero-order valence-corrected chi connectivity index (χ0v) is 9.56. The second-order valence-corrected chi connectivity index (χ2v) is 3.71. The Morgan fingerprint density at radius 3 is 2.25 bits per heavy atom. The molecule has 0 bridgehead atoms. The highest BCUT2D eigenvalue weighted by atomic mass is 16.5. The molecule has 0 unspecified atom stereocenters. The van der Waals surface area contributed by atoms with E-state index in [9.17, 15) is 4.79 Å². The van der Waals surface area contributed by atoms with Crippen LogP contribution in [0.5, 0.6) is 0 Å². The van der Waals surface area contributed by atoms with Crippen LogP contribution in [-0.4, -0.2) is 17.7 Å². The highest BCUT2D eigenvalue weighted by Gasteiger charge is 1.97. The van der Waals surface area contributed by atoms with Gasteiger partial charge in [-0.25, -0.2) is 5.48 Å². The molecule has 0 aromatic carbocycles. The molecule has 0 spiro atoms. The molecule has 1 amide bonds. The first-order chi connectivity index (χ1) is 7.81. The minimum atomic E-state index is -0.311. The van der Waals surface area contributed by atoms with E-state index in [1.54, 1.807) is 5.48 Å². The summed E-state index contributed by atoms with van der Waals surface area (Å²) in [5.74, 6) is -0.311. The van der Waals surface area contributed by atoms with E-state index in [1.165, 1.54) is 0 Å². The SMILES string of the molecule is [N-]=[N+]=NCCCCCCCCCC(=O)NO. The first-order valence-corrected chi connectivity index (χ1v) is 5.75. The summed E-state index contributed by atoms with van der Waals surface area (Å²) in [5.41, 5.74) is 9.66. The molecule has 0 aromatic rings. The fourth-order valence-corrected chi connectivity index (χ4v) is 1.45. The summed E-state index contributed by atoms with van der Waals surface area (Å²) in [6, 6.07) is 0. The molecular formula is C10H20N4O2. The highest BCUT2D eigenvalue weighted by Crippen LogP contribution is 2.08. The summed E-state index contributed by atoms with van der Waals surface area (Å²) in [7, 11) is 0. The Hall–Kier alpha value is -1.26. The average molecular weight is 228 g/mol. The van der Waals surface area contributed by atoms with Crippen LogP contribution in [0.3, 0.4) is 0 Å². The van der Waals surface area contributed by atoms with Crippen LogP contribution in [0.4, 0.5) is 0 Å². The second-order valence-electron chi connectivity index (χ2n) is 3.71. The van der Waals surface area contributed by atoms with Gasteiger partial charge in [0.05, 0.1) is 0 Å². The van der Waals surface area contributed by atoms with Crippen molar-refractivity contribution in [3.8, 4) is 0 Å². The molecule has 6 nitrogen and oxygen atoms in total. The Bertz CT molecular complexity index is 227. The van der Waals surface area contributed by atoms with Crippen LogP contribution >= 0.6 is 0 Å². The second kappa shape index (κ2) is 11.8. The molecule has 0 aliphatic carbocycles. The molecule has 0 heterocycles. The molecule has 16 heavy (non-hydrogen) atoms. The van der Waals surface area contributed by atoms with Crippen LogP contribution in [0.25, 0.3) is 10.4 Å². The van der Waals surface area contributed by atoms with Crippen LogP contribution < -0.4 is 5.48 Å². The van der Waals surface area contributed by atoms with Crippen LogP contribution in [0, 0.1) is 0 Å². The summed E-state index contributed by atoms with van der Waals surface area (Å²) in [4.78, 5) is 13.3. The quantitative estimate of drug-likeness (QED) is 0.150. The summed E-state index contributed by atoms with van der Waals surface area (Å²) in [5, 5.41) is 11.7. The number of hydrogen-bond acceptors (Lipinski definition) is 3. The maximum Gasteiger partial charge on any atom is 0.243 e. The van der Waals surface area contributed by atoms with Gasteiger partial charge in [0.25, 0.3) is 0 Å². The molecule has 92 valence electrons. The number of hydroxylamine groups is 1. The monoisotopic (exact) mass is 228 g/mol. The third-order valence-corrected chi connectivity index (χ3v) is 2.35. The third kappa shape index (κ3) is 10.8. The number of rotatable bonds is 10. The van der Waals surface area contributed by atoms with Gasteiger partial charge in [0.2, 0.25) is 5.91 Å². The molecule has 0 saturated heterocycles. The lowest BCUT2D eigenvalue weighted by atomic mass is 10.1. The van der Waals surface area contributed by atoms with Gasteiger partial charge in [-0.2, -0.15) is 0 Å². The van der Waals surface area contributed by atoms with Gasteiger partial charge < -0.3 is 0 Å². The van der Waals surface area contributed by atoms with Gasteiger partial charge in [-0.05, 0) is 18.4 Å². The topological polar surface area (TPSA) is 98.1 Å². The Balaban J connectivity index is 3.04. The van der Waals surface area contributed by atoms with Crippen LogP contribution in [0.2, 0.25) is 0 Å². The van der Waals surface area contributed by atoms with E-state index in [1.807, 2.05) is 0 Å². The molecule has 0 atom stereocenters. The molecule has 0 aromatic heterocycles. The summed E-state index contributed by atoms with van der Waals surface area (Å²) in [6.07, 6.45) is 7.69. The van der Waals surface area contributed by atoms with Gasteiger partial charge in [0.15, 0.2) is 0 Å². The van der Waals surface area contributed by atoms with E-state index in [-0.39, 0.29) is 5.91 Å². The lowest BCUT2D eigenvalue weighted by molar-refractivity contribution is -0.129. The van der Waals surface area contributed by atoms with Gasteiger partial charge in [-0.15, -0.1) is 0 Å². The summed E-state index contributed by atoms with van der Waals surface area (Å²) in [6.45, 7) is 0.590. The number of unbranched alkanes of at least 4 members (excludes halogenated alkanes) is 6. The van der Waals surface area contributed by atoms with Crippen molar-refractivity contribution in [3.05, 3.63) is 10.4 Å². The first kappa shape index (κ1) is 14.7. The van der Waals surface area contributed by atoms with Gasteiger partial charge in [-0.1, -0.05) is 37.2 Å². The Kier molecular flexibility index (Phi) is 10.9. The highest BCUT2D eigenvalue weighted by molar-refractivity contribution is 5.74. The van der Waals surface area contributed by atoms with Crippen LogP contribution in [-0.2, 0) is 4.79 Å². The predicted octanol–water partition coefficient (Wildman–Crippen LogP) is 2.92. The first-order valence-electron chi connectivity index (χ1n) is 5.75. The van der Waals surface area contributed by atoms with E-state index >= 15 is 0 Å². The average Bonchev–Trinajstić information content (AvgIpc) is 2.31. The Morgan fingerprint density at radius 1 is 1.12 bits per heavy atom. The smallest absolute Gasteiger partial charge is 0.243 e. The van der Waals surface area contributed by atoms with Crippen molar-refractivity contribution in [2.75, 3.05) is 6.54 Å². The van der Waals surface area contributed by atoms with E-state index in [4.69, 9.17) is 10.7 Å². The lowest BCUT2D eigenvalue weighted by Gasteiger charge is -2.00. The van der Waals surface area contributed by atoms with Gasteiger partial charge in [0, 0.05) is 17.9 Å². The zero-order chi connectivity index (χ0) is 12.1. The van der Waals surface area contributed by atoms with Crippen molar-refractivity contribution in [3.63, 3.8) is 0 Å². The van der Waals surface area contributed by atoms with E-state index in [2.05, 4.69) is 10.0 Å². The standard InChI is InChI=1S/C10H20N4O2/c11-14-12-9-7-5-3-1-2-4-6-8-10(15)13-16/h16H,1-9H2,(H,13,15). The van der Waals surface area contributed by atoms with Crippen molar-refractivity contribution in [1.29, 1.82) is 0 Å². The minimum Gasteiger partial charge on any atom is -0.289 e. The number of amides is 1. The normalized spacial score (nSPS) is 9.56. The molecule has 6 heteroatoms. The van der Waals surface area contributed by atoms with Crippen molar-refractivity contribution in [1.82, 2.24) is 5.48 Å². The zero-order valence-electron chi connectivity index (χ0n) is 9.56. The third-order valence-electron chi connectivity index (χ3n) is 2.35. The Morgan fingerprint density at radius 2 is 1.69 bits per heavy atom. The molecule has 0 radical (unpaired) electrons. The van der Waals surface area contributed by atoms with E-state index in [0.29, 0.717) is 13.0 Å². The maximum atomic E-state index is 10.6. The maximum absolute atomic E-state index is 10.6. The molecule has 0 aliphatic heterocycles. The number of carbonyl (C=O) groups excluding carboxylic acids is 1. The number of azide groups is 1. The van der Waals surface area contributed by atoms with E-state index < -0.39 is 0 Å². The van der Waals surface area contributed by atoms with Crippen molar-refractivity contribution < 1.29 is 10.0 Å². The van der Waals surface area contributed by atoms with Gasteiger partial charge in [-0.3, -0.25) is 10.0 Å². The fraction of sp³-hybridized carbons (Fsp3) is 0.900. The molecule has 0 rings (SSSR count). The molecule has 0 saturated carbocycles. The van der Waals surface area contributed by atoms with Crippen LogP contribution in [0.15, 0.2) is 5.11 Å². The minimum absolute atomic E-state index is 0.311. The largest absolute Gasteiger partial charge is 0.289 e. The Labute approximate surface area is 95.6 Å². The molecule has 2 N–H and O–H groups in total. The van der Waals surface area contributed by atoms with Gasteiger partial charge in [0.1, 0.15) is 0 Å². The fourth-order valence-electron chi connectivity index (χ4n) is 1.45. The summed E-state index contributed by atoms with van der Waals surface area (Å²) >= 11 is 0. The predicted molar refractivity (Wildman–Crippen MR) is 60.9 cm³/mol. The number of nitrogens with zero attached hydrogens (tertiary/aromatic N) is 3. The van der Waals surface area contributed by atoms with Crippen molar-refractivity contribution >= 4 is 5.91 Å². The lowest BCUT2D eigenvalue weighted by Crippen LogP contribution is -2.17. The number of hydrogen-bond donors (Lipinski definition) is 2. The summed E-state index contributed by atoms with van der Waals surface area (Å²) < 4.78 is 0. The molecule has 0 aliphatic rings. The van der Waals surface area contributed by atoms with Crippen molar-refractivity contribution in [2.45, 2.75) is 51.4 Å².